The van der Waals surface area contributed by atoms with Gasteiger partial charge in [-0.05, 0) is 31.2 Å². The van der Waals surface area contributed by atoms with Crippen molar-refractivity contribution in [2.75, 3.05) is 44.0 Å². The van der Waals surface area contributed by atoms with Crippen LogP contribution < -0.4 is 15.0 Å². The van der Waals surface area contributed by atoms with Gasteiger partial charge in [0, 0.05) is 36.9 Å². The number of piperidine rings is 1. The van der Waals surface area contributed by atoms with E-state index in [1.54, 1.807) is 30.2 Å². The van der Waals surface area contributed by atoms with Crippen molar-refractivity contribution in [3.05, 3.63) is 48.0 Å². The summed E-state index contributed by atoms with van der Waals surface area (Å²) in [5, 5.41) is 3.79. The van der Waals surface area contributed by atoms with Crippen LogP contribution in [-0.2, 0) is 11.2 Å². The third-order valence-corrected chi connectivity index (χ3v) is 7.41. The normalized spacial score (nSPS) is 22.3. The molecule has 1 amide bonds. The topological polar surface area (TPSA) is 79.8 Å². The van der Waals surface area contributed by atoms with Crippen molar-refractivity contribution < 1.29 is 18.7 Å². The molecule has 2 saturated heterocycles. The molecule has 8 nitrogen and oxygen atoms in total. The first kappa shape index (κ1) is 24.2. The average Bonchev–Trinajstić information content (AvgIpc) is 3.20. The third kappa shape index (κ3) is 4.21. The van der Waals surface area contributed by atoms with E-state index in [4.69, 9.17) is 9.47 Å². The van der Waals surface area contributed by atoms with Crippen molar-refractivity contribution >= 4 is 34.2 Å². The molecule has 2 aliphatic rings. The number of hydrogen-bond acceptors (Lipinski definition) is 7. The van der Waals surface area contributed by atoms with Crippen LogP contribution in [0.1, 0.15) is 32.3 Å². The molecule has 9 heteroatoms. The number of hydrogen-bond donors (Lipinski definition) is 1. The van der Waals surface area contributed by atoms with Crippen LogP contribution in [0.2, 0.25) is 0 Å². The molecule has 0 bridgehead atoms. The lowest BCUT2D eigenvalue weighted by Crippen LogP contribution is -2.52. The van der Waals surface area contributed by atoms with Crippen LogP contribution in [-0.4, -0.2) is 60.4 Å². The van der Waals surface area contributed by atoms with Crippen LogP contribution in [0.5, 0.6) is 5.75 Å². The number of amides is 1. The smallest absolute Gasteiger partial charge is 0.415 e. The van der Waals surface area contributed by atoms with Crippen LogP contribution in [0.25, 0.3) is 10.9 Å². The minimum Gasteiger partial charge on any atom is -0.494 e. The summed E-state index contributed by atoms with van der Waals surface area (Å²) in [7, 11) is 3.65. The van der Waals surface area contributed by atoms with Gasteiger partial charge < -0.3 is 19.7 Å². The first-order chi connectivity index (χ1) is 17.3. The fourth-order valence-corrected chi connectivity index (χ4v) is 5.33. The maximum Gasteiger partial charge on any atom is 0.415 e. The summed E-state index contributed by atoms with van der Waals surface area (Å²) in [5.41, 5.74) is 1.66. The first-order valence-electron chi connectivity index (χ1n) is 12.4. The number of benzene rings is 2. The molecule has 3 heterocycles. The predicted molar refractivity (Wildman–Crippen MR) is 138 cm³/mol. The van der Waals surface area contributed by atoms with Gasteiger partial charge in [0.25, 0.3) is 0 Å². The number of methoxy groups -OCH3 is 1. The molecule has 1 spiro atoms. The number of carbonyl (C=O) groups excluding carboxylic acids is 1. The van der Waals surface area contributed by atoms with E-state index < -0.39 is 11.7 Å². The lowest BCUT2D eigenvalue weighted by molar-refractivity contribution is -0.0354. The summed E-state index contributed by atoms with van der Waals surface area (Å²) in [6, 6.07) is 8.92. The number of ether oxygens (including phenoxy) is 2. The highest BCUT2D eigenvalue weighted by Gasteiger charge is 2.51. The Morgan fingerprint density at radius 2 is 2.14 bits per heavy atom. The number of halogens is 1. The third-order valence-electron chi connectivity index (χ3n) is 7.41. The maximum absolute atomic E-state index is 15.1. The molecule has 1 aromatic heterocycles. The summed E-state index contributed by atoms with van der Waals surface area (Å²) in [4.78, 5) is 25.8. The Hall–Kier alpha value is -3.46. The van der Waals surface area contributed by atoms with Gasteiger partial charge in [-0.1, -0.05) is 32.4 Å². The molecule has 36 heavy (non-hydrogen) atoms. The van der Waals surface area contributed by atoms with E-state index in [9.17, 15) is 4.79 Å². The Bertz CT molecular complexity index is 1300. The Morgan fingerprint density at radius 1 is 1.31 bits per heavy atom. The van der Waals surface area contributed by atoms with Gasteiger partial charge in [0.1, 0.15) is 29.3 Å². The van der Waals surface area contributed by atoms with E-state index in [1.165, 1.54) is 6.33 Å². The van der Waals surface area contributed by atoms with E-state index in [-0.39, 0.29) is 11.7 Å². The van der Waals surface area contributed by atoms with Crippen LogP contribution in [0, 0.1) is 11.7 Å². The number of rotatable bonds is 6. The molecule has 2 aromatic carbocycles. The van der Waals surface area contributed by atoms with Gasteiger partial charge in [-0.25, -0.2) is 19.2 Å². The van der Waals surface area contributed by atoms with Crippen LogP contribution in [0.15, 0.2) is 36.7 Å². The monoisotopic (exact) mass is 493 g/mol. The number of nitrogens with one attached hydrogen (secondary N) is 1. The Kier molecular flexibility index (Phi) is 6.42. The van der Waals surface area contributed by atoms with Gasteiger partial charge in [0.2, 0.25) is 0 Å². The predicted octanol–water partition coefficient (Wildman–Crippen LogP) is 5.14. The highest BCUT2D eigenvalue weighted by Crippen LogP contribution is 2.43. The molecule has 0 aliphatic carbocycles. The number of aromatic nitrogens is 2. The van der Waals surface area contributed by atoms with Crippen molar-refractivity contribution in [2.45, 2.75) is 38.7 Å². The number of aryl methyl sites for hydroxylation is 1. The molecule has 3 aromatic rings. The number of likely N-dealkylation sites (tertiary alicyclic amines) is 1. The lowest BCUT2D eigenvalue weighted by Gasteiger charge is -2.41. The summed E-state index contributed by atoms with van der Waals surface area (Å²) in [5.74, 6) is 0.862. The summed E-state index contributed by atoms with van der Waals surface area (Å²) in [6.45, 7) is 6.31. The molecule has 5 rings (SSSR count). The molecule has 2 aliphatic heterocycles. The zero-order chi connectivity index (χ0) is 25.4. The van der Waals surface area contributed by atoms with Crippen molar-refractivity contribution in [3.63, 3.8) is 0 Å². The number of anilines is 3. The fraction of sp³-hybridized carbons (Fsp3) is 0.444. The SMILES string of the molecule is CCCc1cccc(Nc2ncnc3cc(OC)c(N4CC5(CCN(C)CC5C)OC4=O)cc23)c1F. The van der Waals surface area contributed by atoms with Gasteiger partial charge in [0.15, 0.2) is 0 Å². The van der Waals surface area contributed by atoms with Crippen LogP contribution in [0.4, 0.5) is 26.4 Å². The number of fused-ring (bicyclic) bond motifs is 1. The summed E-state index contributed by atoms with van der Waals surface area (Å²) in [6.07, 6.45) is 3.31. The van der Waals surface area contributed by atoms with Crippen LogP contribution >= 0.6 is 0 Å². The highest BCUT2D eigenvalue weighted by molar-refractivity contribution is 6.00. The second-order valence-corrected chi connectivity index (χ2v) is 9.85. The summed E-state index contributed by atoms with van der Waals surface area (Å²) < 4.78 is 26.8. The van der Waals surface area contributed by atoms with E-state index in [2.05, 4.69) is 34.2 Å². The van der Waals surface area contributed by atoms with Gasteiger partial charge in [-0.2, -0.15) is 0 Å². The average molecular weight is 494 g/mol. The molecular formula is C27H32FN5O3. The molecule has 1 N–H and O–H groups in total. The maximum atomic E-state index is 15.1. The quantitative estimate of drug-likeness (QED) is 0.509. The number of nitrogens with zero attached hydrogens (tertiary/aromatic N) is 4. The van der Waals surface area contributed by atoms with Crippen molar-refractivity contribution in [3.8, 4) is 5.75 Å². The second-order valence-electron chi connectivity index (χ2n) is 9.85. The van der Waals surface area contributed by atoms with E-state index >= 15 is 4.39 Å². The standard InChI is InChI=1S/C27H32FN5O3/c1-5-7-18-8-6-9-20(24(18)28)31-25-19-12-22(23(35-4)13-21(19)29-16-30-25)33-15-27(36-26(33)34)10-11-32(3)14-17(27)2/h6,8-9,12-13,16-17H,5,7,10-11,14-15H2,1-4H3,(H,29,30,31). The zero-order valence-electron chi connectivity index (χ0n) is 21.2. The minimum atomic E-state index is -0.541. The van der Waals surface area contributed by atoms with E-state index in [0.29, 0.717) is 52.4 Å². The molecule has 0 radical (unpaired) electrons. The fourth-order valence-electron chi connectivity index (χ4n) is 5.33. The largest absolute Gasteiger partial charge is 0.494 e. The molecule has 2 fully saturated rings. The van der Waals surface area contributed by atoms with Gasteiger partial charge in [0.05, 0.1) is 30.5 Å². The highest BCUT2D eigenvalue weighted by atomic mass is 19.1. The Morgan fingerprint density at radius 3 is 2.89 bits per heavy atom. The van der Waals surface area contributed by atoms with Crippen molar-refractivity contribution in [2.24, 2.45) is 5.92 Å². The number of carbonyl (C=O) groups is 1. The first-order valence-corrected chi connectivity index (χ1v) is 12.4. The summed E-state index contributed by atoms with van der Waals surface area (Å²) >= 11 is 0. The lowest BCUT2D eigenvalue weighted by atomic mass is 9.82. The van der Waals surface area contributed by atoms with E-state index in [1.807, 2.05) is 19.1 Å². The second kappa shape index (κ2) is 9.54. The Balaban J connectivity index is 1.54. The van der Waals surface area contributed by atoms with Gasteiger partial charge in [-0.3, -0.25) is 4.90 Å². The minimum absolute atomic E-state index is 0.190. The van der Waals surface area contributed by atoms with Gasteiger partial charge >= 0.3 is 6.09 Å². The van der Waals surface area contributed by atoms with Gasteiger partial charge in [-0.15, -0.1) is 0 Å². The molecule has 190 valence electrons. The molecule has 2 unspecified atom stereocenters. The van der Waals surface area contributed by atoms with E-state index in [0.717, 1.165) is 25.9 Å². The molecule has 2 atom stereocenters. The van der Waals surface area contributed by atoms with Crippen LogP contribution in [0.3, 0.4) is 0 Å². The zero-order valence-corrected chi connectivity index (χ0v) is 21.2. The van der Waals surface area contributed by atoms with Crippen molar-refractivity contribution in [1.82, 2.24) is 14.9 Å². The Labute approximate surface area is 210 Å². The molecule has 0 saturated carbocycles. The van der Waals surface area contributed by atoms with Crippen molar-refractivity contribution in [1.29, 1.82) is 0 Å². The molecular weight excluding hydrogens is 461 g/mol.